The van der Waals surface area contributed by atoms with Crippen LogP contribution in [-0.4, -0.2) is 36.2 Å². The van der Waals surface area contributed by atoms with Crippen molar-refractivity contribution in [3.63, 3.8) is 0 Å². The molecule has 1 heterocycles. The second-order valence-corrected chi connectivity index (χ2v) is 4.37. The summed E-state index contributed by atoms with van der Waals surface area (Å²) in [5.41, 5.74) is 0.561. The summed E-state index contributed by atoms with van der Waals surface area (Å²) in [6.07, 6.45) is 4.78. The molecule has 0 radical (unpaired) electrons. The number of aliphatic hydroxyl groups is 1. The minimum absolute atomic E-state index is 0.0263. The standard InChI is InChI=1S/C9H17NO/c1-10-4-2-9(3-5-10)6-8(11)7-9/h8,11H,2-7H2,1H3. The number of nitrogens with zero attached hydrogens (tertiary/aromatic N) is 1. The van der Waals surface area contributed by atoms with Crippen LogP contribution in [0.25, 0.3) is 0 Å². The number of rotatable bonds is 0. The molecule has 64 valence electrons. The molecule has 2 nitrogen and oxygen atoms in total. The lowest BCUT2D eigenvalue weighted by atomic mass is 9.61. The van der Waals surface area contributed by atoms with E-state index in [2.05, 4.69) is 11.9 Å². The highest BCUT2D eigenvalue weighted by Gasteiger charge is 2.44. The zero-order valence-corrected chi connectivity index (χ0v) is 7.21. The third-order valence-electron chi connectivity index (χ3n) is 3.38. The van der Waals surface area contributed by atoms with Gasteiger partial charge < -0.3 is 10.0 Å². The fourth-order valence-corrected chi connectivity index (χ4v) is 2.44. The quantitative estimate of drug-likeness (QED) is 0.560. The van der Waals surface area contributed by atoms with Crippen molar-refractivity contribution in [2.75, 3.05) is 20.1 Å². The van der Waals surface area contributed by atoms with Crippen molar-refractivity contribution in [3.8, 4) is 0 Å². The smallest absolute Gasteiger partial charge is 0.0550 e. The van der Waals surface area contributed by atoms with Crippen LogP contribution in [0.1, 0.15) is 25.7 Å². The summed E-state index contributed by atoms with van der Waals surface area (Å²) >= 11 is 0. The maximum atomic E-state index is 9.22. The summed E-state index contributed by atoms with van der Waals surface area (Å²) in [5.74, 6) is 0. The van der Waals surface area contributed by atoms with Gasteiger partial charge in [-0.3, -0.25) is 0 Å². The van der Waals surface area contributed by atoms with E-state index in [9.17, 15) is 5.11 Å². The van der Waals surface area contributed by atoms with E-state index >= 15 is 0 Å². The van der Waals surface area contributed by atoms with Gasteiger partial charge >= 0.3 is 0 Å². The van der Waals surface area contributed by atoms with Crippen LogP contribution in [0.15, 0.2) is 0 Å². The van der Waals surface area contributed by atoms with E-state index in [1.165, 1.54) is 25.9 Å². The first kappa shape index (κ1) is 7.56. The number of hydrogen-bond acceptors (Lipinski definition) is 2. The minimum Gasteiger partial charge on any atom is -0.393 e. The molecule has 0 amide bonds. The Kier molecular flexibility index (Phi) is 1.69. The predicted molar refractivity (Wildman–Crippen MR) is 44.4 cm³/mol. The van der Waals surface area contributed by atoms with Gasteiger partial charge in [-0.15, -0.1) is 0 Å². The molecule has 1 saturated heterocycles. The van der Waals surface area contributed by atoms with Gasteiger partial charge in [0, 0.05) is 0 Å². The number of piperidine rings is 1. The Morgan fingerprint density at radius 2 is 1.82 bits per heavy atom. The molecule has 1 aliphatic heterocycles. The van der Waals surface area contributed by atoms with Crippen molar-refractivity contribution < 1.29 is 5.11 Å². The van der Waals surface area contributed by atoms with E-state index in [0.717, 1.165) is 12.8 Å². The molecule has 2 aliphatic rings. The molecule has 1 N–H and O–H groups in total. The van der Waals surface area contributed by atoms with E-state index in [4.69, 9.17) is 0 Å². The molecule has 1 spiro atoms. The van der Waals surface area contributed by atoms with Crippen molar-refractivity contribution in [3.05, 3.63) is 0 Å². The van der Waals surface area contributed by atoms with Crippen molar-refractivity contribution in [2.45, 2.75) is 31.8 Å². The number of aliphatic hydroxyl groups excluding tert-OH is 1. The molecule has 0 aromatic carbocycles. The van der Waals surface area contributed by atoms with Gasteiger partial charge in [-0.2, -0.15) is 0 Å². The second kappa shape index (κ2) is 2.46. The van der Waals surface area contributed by atoms with Crippen LogP contribution in [0.5, 0.6) is 0 Å². The predicted octanol–water partition coefficient (Wildman–Crippen LogP) is 0.853. The maximum Gasteiger partial charge on any atom is 0.0550 e. The van der Waals surface area contributed by atoms with Crippen molar-refractivity contribution in [2.24, 2.45) is 5.41 Å². The molecule has 11 heavy (non-hydrogen) atoms. The van der Waals surface area contributed by atoms with Gasteiger partial charge in [0.25, 0.3) is 0 Å². The third kappa shape index (κ3) is 1.30. The highest BCUT2D eigenvalue weighted by molar-refractivity contribution is 4.96. The van der Waals surface area contributed by atoms with Crippen molar-refractivity contribution in [1.29, 1.82) is 0 Å². The highest BCUT2D eigenvalue weighted by Crippen LogP contribution is 2.48. The Bertz CT molecular complexity index is 142. The Hall–Kier alpha value is -0.0800. The zero-order valence-electron chi connectivity index (χ0n) is 7.21. The topological polar surface area (TPSA) is 23.5 Å². The van der Waals surface area contributed by atoms with E-state index in [-0.39, 0.29) is 6.10 Å². The average molecular weight is 155 g/mol. The van der Waals surface area contributed by atoms with Gasteiger partial charge in [0.05, 0.1) is 6.10 Å². The van der Waals surface area contributed by atoms with Gasteiger partial charge in [0.2, 0.25) is 0 Å². The summed E-state index contributed by atoms with van der Waals surface area (Å²) < 4.78 is 0. The molecule has 0 atom stereocenters. The fraction of sp³-hybridized carbons (Fsp3) is 1.00. The van der Waals surface area contributed by atoms with Crippen molar-refractivity contribution >= 4 is 0 Å². The minimum atomic E-state index is 0.0263. The summed E-state index contributed by atoms with van der Waals surface area (Å²) in [5, 5.41) is 9.22. The van der Waals surface area contributed by atoms with Gasteiger partial charge in [-0.1, -0.05) is 0 Å². The van der Waals surface area contributed by atoms with Crippen LogP contribution in [-0.2, 0) is 0 Å². The van der Waals surface area contributed by atoms with Gasteiger partial charge in [0.15, 0.2) is 0 Å². The molecule has 0 bridgehead atoms. The first-order valence-electron chi connectivity index (χ1n) is 4.57. The molecule has 2 heteroatoms. The van der Waals surface area contributed by atoms with E-state index < -0.39 is 0 Å². The molecular weight excluding hydrogens is 138 g/mol. The Labute approximate surface area is 68.2 Å². The van der Waals surface area contributed by atoms with Crippen molar-refractivity contribution in [1.82, 2.24) is 4.90 Å². The molecule has 0 unspecified atom stereocenters. The Morgan fingerprint density at radius 3 is 2.27 bits per heavy atom. The molecule has 1 saturated carbocycles. The largest absolute Gasteiger partial charge is 0.393 e. The normalized spacial score (nSPS) is 32.2. The SMILES string of the molecule is CN1CCC2(CC1)CC(O)C2. The second-order valence-electron chi connectivity index (χ2n) is 4.37. The van der Waals surface area contributed by atoms with Crippen LogP contribution in [0.4, 0.5) is 0 Å². The van der Waals surface area contributed by atoms with Crippen LogP contribution in [0, 0.1) is 5.41 Å². The van der Waals surface area contributed by atoms with Crippen LogP contribution >= 0.6 is 0 Å². The lowest BCUT2D eigenvalue weighted by molar-refractivity contribution is -0.0647. The monoisotopic (exact) mass is 155 g/mol. The van der Waals surface area contributed by atoms with Gasteiger partial charge in [-0.25, -0.2) is 0 Å². The molecule has 2 fully saturated rings. The maximum absolute atomic E-state index is 9.22. The highest BCUT2D eigenvalue weighted by atomic mass is 16.3. The molecule has 0 aromatic heterocycles. The van der Waals surface area contributed by atoms with Crippen LogP contribution in [0.3, 0.4) is 0 Å². The number of hydrogen-bond donors (Lipinski definition) is 1. The summed E-state index contributed by atoms with van der Waals surface area (Å²) in [6.45, 7) is 2.46. The van der Waals surface area contributed by atoms with Gasteiger partial charge in [-0.05, 0) is 51.2 Å². The Morgan fingerprint density at radius 1 is 1.27 bits per heavy atom. The lowest BCUT2D eigenvalue weighted by Gasteiger charge is -2.50. The van der Waals surface area contributed by atoms with E-state index in [1.807, 2.05) is 0 Å². The summed E-state index contributed by atoms with van der Waals surface area (Å²) in [6, 6.07) is 0. The summed E-state index contributed by atoms with van der Waals surface area (Å²) in [7, 11) is 2.18. The zero-order chi connectivity index (χ0) is 7.90. The van der Waals surface area contributed by atoms with Crippen LogP contribution < -0.4 is 0 Å². The molecule has 0 aromatic rings. The lowest BCUT2D eigenvalue weighted by Crippen LogP contribution is -2.48. The number of likely N-dealkylation sites (tertiary alicyclic amines) is 1. The first-order chi connectivity index (χ1) is 5.20. The van der Waals surface area contributed by atoms with Gasteiger partial charge in [0.1, 0.15) is 0 Å². The average Bonchev–Trinajstić information content (AvgIpc) is 1.92. The molecular formula is C9H17NO. The van der Waals surface area contributed by atoms with E-state index in [1.54, 1.807) is 0 Å². The van der Waals surface area contributed by atoms with Crippen LogP contribution in [0.2, 0.25) is 0 Å². The molecule has 2 rings (SSSR count). The van der Waals surface area contributed by atoms with E-state index in [0.29, 0.717) is 5.41 Å². The third-order valence-corrected chi connectivity index (χ3v) is 3.38. The summed E-state index contributed by atoms with van der Waals surface area (Å²) in [4.78, 5) is 2.38. The fourth-order valence-electron chi connectivity index (χ4n) is 2.44. The Balaban J connectivity index is 1.88. The first-order valence-corrected chi connectivity index (χ1v) is 4.57. The molecule has 1 aliphatic carbocycles.